The van der Waals surface area contributed by atoms with E-state index in [2.05, 4.69) is 11.3 Å². The summed E-state index contributed by atoms with van der Waals surface area (Å²) in [6.45, 7) is 4.03. The van der Waals surface area contributed by atoms with E-state index in [4.69, 9.17) is 4.74 Å². The molecule has 0 aromatic heterocycles. The molecule has 12 heavy (non-hydrogen) atoms. The molecular formula is C9H12O3. The van der Waals surface area contributed by atoms with E-state index in [9.17, 15) is 4.79 Å². The van der Waals surface area contributed by atoms with Gasteiger partial charge >= 0.3 is 5.97 Å². The van der Waals surface area contributed by atoms with Gasteiger partial charge in [-0.1, -0.05) is 12.2 Å². The van der Waals surface area contributed by atoms with Gasteiger partial charge in [0.25, 0.3) is 0 Å². The van der Waals surface area contributed by atoms with Crippen LogP contribution in [0, 0.1) is 0 Å². The molecule has 0 spiro atoms. The second-order valence-corrected chi connectivity index (χ2v) is 2.59. The second-order valence-electron chi connectivity index (χ2n) is 2.59. The first kappa shape index (κ1) is 9.00. The van der Waals surface area contributed by atoms with Crippen LogP contribution in [0.1, 0.15) is 6.42 Å². The maximum absolute atomic E-state index is 11.3. The van der Waals surface area contributed by atoms with Crippen molar-refractivity contribution < 1.29 is 14.3 Å². The Hall–Kier alpha value is -1.09. The maximum Gasteiger partial charge on any atom is 0.342 e. The molecule has 66 valence electrons. The van der Waals surface area contributed by atoms with Crippen LogP contribution in [0.3, 0.4) is 0 Å². The number of carbonyl (C=O) groups is 1. The molecule has 0 fully saturated rings. The lowest BCUT2D eigenvalue weighted by molar-refractivity contribution is -0.159. The maximum atomic E-state index is 11.3. The summed E-state index contributed by atoms with van der Waals surface area (Å²) in [7, 11) is 1.35. The van der Waals surface area contributed by atoms with Crippen molar-refractivity contribution in [2.75, 3.05) is 13.7 Å². The molecule has 0 aromatic rings. The number of carbonyl (C=O) groups excluding carboxylic acids is 1. The second kappa shape index (κ2) is 3.54. The van der Waals surface area contributed by atoms with Crippen molar-refractivity contribution in [1.29, 1.82) is 0 Å². The number of methoxy groups -OCH3 is 1. The van der Waals surface area contributed by atoms with Crippen LogP contribution < -0.4 is 0 Å². The van der Waals surface area contributed by atoms with E-state index in [1.54, 1.807) is 18.2 Å². The molecule has 0 N–H and O–H groups in total. The minimum atomic E-state index is -0.906. The van der Waals surface area contributed by atoms with E-state index in [1.165, 1.54) is 7.11 Å². The van der Waals surface area contributed by atoms with Gasteiger partial charge in [0, 0.05) is 6.42 Å². The highest BCUT2D eigenvalue weighted by atomic mass is 16.6. The van der Waals surface area contributed by atoms with Crippen LogP contribution in [0.2, 0.25) is 0 Å². The van der Waals surface area contributed by atoms with Gasteiger partial charge in [0.1, 0.15) is 0 Å². The Bertz CT molecular complexity index is 220. The quantitative estimate of drug-likeness (QED) is 0.467. The summed E-state index contributed by atoms with van der Waals surface area (Å²) in [6.07, 6.45) is 5.63. The van der Waals surface area contributed by atoms with Crippen LogP contribution in [0.15, 0.2) is 24.8 Å². The van der Waals surface area contributed by atoms with Gasteiger partial charge in [0.05, 0.1) is 13.7 Å². The van der Waals surface area contributed by atoms with Gasteiger partial charge in [-0.05, 0) is 6.08 Å². The Morgan fingerprint density at radius 3 is 3.08 bits per heavy atom. The predicted molar refractivity (Wildman–Crippen MR) is 44.7 cm³/mol. The van der Waals surface area contributed by atoms with Gasteiger partial charge in [0.2, 0.25) is 0 Å². The first-order chi connectivity index (χ1) is 5.75. The minimum Gasteiger partial charge on any atom is -0.467 e. The molecule has 0 radical (unpaired) electrons. The molecule has 3 nitrogen and oxygen atoms in total. The van der Waals surface area contributed by atoms with Crippen LogP contribution in [0.25, 0.3) is 0 Å². The molecule has 1 atom stereocenters. The molecule has 0 saturated heterocycles. The summed E-state index contributed by atoms with van der Waals surface area (Å²) in [5.41, 5.74) is -0.906. The highest BCUT2D eigenvalue weighted by Crippen LogP contribution is 2.24. The van der Waals surface area contributed by atoms with Gasteiger partial charge in [0.15, 0.2) is 5.60 Å². The molecule has 0 aromatic carbocycles. The highest BCUT2D eigenvalue weighted by molar-refractivity contribution is 5.82. The predicted octanol–water partition coefficient (Wildman–Crippen LogP) is 1.06. The summed E-state index contributed by atoms with van der Waals surface area (Å²) in [6, 6.07) is 0. The van der Waals surface area contributed by atoms with Gasteiger partial charge in [-0.25, -0.2) is 4.79 Å². The van der Waals surface area contributed by atoms with Gasteiger partial charge in [-0.15, -0.1) is 6.58 Å². The van der Waals surface area contributed by atoms with Crippen LogP contribution >= 0.6 is 0 Å². The number of esters is 1. The molecule has 0 amide bonds. The molecular weight excluding hydrogens is 156 g/mol. The largest absolute Gasteiger partial charge is 0.467 e. The van der Waals surface area contributed by atoms with E-state index < -0.39 is 5.60 Å². The molecule has 0 aliphatic carbocycles. The first-order valence-electron chi connectivity index (χ1n) is 3.76. The van der Waals surface area contributed by atoms with Crippen molar-refractivity contribution in [3.8, 4) is 0 Å². The van der Waals surface area contributed by atoms with E-state index in [1.807, 2.05) is 0 Å². The third-order valence-corrected chi connectivity index (χ3v) is 1.80. The zero-order valence-electron chi connectivity index (χ0n) is 7.08. The average molecular weight is 168 g/mol. The van der Waals surface area contributed by atoms with Gasteiger partial charge in [-0.3, -0.25) is 0 Å². The van der Waals surface area contributed by atoms with E-state index >= 15 is 0 Å². The summed E-state index contributed by atoms with van der Waals surface area (Å²) in [5.74, 6) is -0.365. The summed E-state index contributed by atoms with van der Waals surface area (Å²) in [5, 5.41) is 0. The Kier molecular flexibility index (Phi) is 2.65. The number of rotatable bonds is 3. The Balaban J connectivity index is 2.78. The topological polar surface area (TPSA) is 35.5 Å². The molecule has 0 bridgehead atoms. The number of hydrogen-bond donors (Lipinski definition) is 0. The van der Waals surface area contributed by atoms with Crippen LogP contribution in [-0.4, -0.2) is 25.3 Å². The Labute approximate surface area is 71.7 Å². The van der Waals surface area contributed by atoms with Crippen molar-refractivity contribution in [2.24, 2.45) is 0 Å². The summed E-state index contributed by atoms with van der Waals surface area (Å²) < 4.78 is 9.90. The van der Waals surface area contributed by atoms with Crippen molar-refractivity contribution in [2.45, 2.75) is 12.0 Å². The lowest BCUT2D eigenvalue weighted by atomic mass is 10.0. The molecule has 1 aliphatic heterocycles. The third-order valence-electron chi connectivity index (χ3n) is 1.80. The van der Waals surface area contributed by atoms with E-state index in [0.717, 1.165) is 0 Å². The zero-order chi connectivity index (χ0) is 9.03. The van der Waals surface area contributed by atoms with Crippen LogP contribution in [0.5, 0.6) is 0 Å². The molecule has 1 aliphatic rings. The van der Waals surface area contributed by atoms with Crippen molar-refractivity contribution in [1.82, 2.24) is 0 Å². The monoisotopic (exact) mass is 168 g/mol. The van der Waals surface area contributed by atoms with Gasteiger partial charge < -0.3 is 9.47 Å². The fourth-order valence-electron chi connectivity index (χ4n) is 1.21. The molecule has 3 heteroatoms. The van der Waals surface area contributed by atoms with Crippen molar-refractivity contribution in [3.05, 3.63) is 24.8 Å². The fraction of sp³-hybridized carbons (Fsp3) is 0.444. The molecule has 1 rings (SSSR count). The normalized spacial score (nSPS) is 27.1. The van der Waals surface area contributed by atoms with Crippen LogP contribution in [0.4, 0.5) is 0 Å². The van der Waals surface area contributed by atoms with E-state index in [0.29, 0.717) is 13.0 Å². The lowest BCUT2D eigenvalue weighted by Crippen LogP contribution is -2.37. The van der Waals surface area contributed by atoms with Crippen molar-refractivity contribution >= 4 is 5.97 Å². The number of ether oxygens (including phenoxy) is 2. The fourth-order valence-corrected chi connectivity index (χ4v) is 1.21. The standard InChI is InChI=1S/C9H12O3/c1-3-5-9(8(10)11-2)6-4-7-12-9/h3-4,6H,1,5,7H2,2H3. The Morgan fingerprint density at radius 2 is 2.67 bits per heavy atom. The number of hydrogen-bond acceptors (Lipinski definition) is 3. The lowest BCUT2D eigenvalue weighted by Gasteiger charge is -2.21. The highest BCUT2D eigenvalue weighted by Gasteiger charge is 2.39. The summed E-state index contributed by atoms with van der Waals surface area (Å²) in [4.78, 5) is 11.3. The zero-order valence-corrected chi connectivity index (χ0v) is 7.08. The van der Waals surface area contributed by atoms with Gasteiger partial charge in [-0.2, -0.15) is 0 Å². The third kappa shape index (κ3) is 1.41. The molecule has 0 saturated carbocycles. The van der Waals surface area contributed by atoms with Crippen LogP contribution in [-0.2, 0) is 14.3 Å². The van der Waals surface area contributed by atoms with E-state index in [-0.39, 0.29) is 5.97 Å². The average Bonchev–Trinajstić information content (AvgIpc) is 2.53. The first-order valence-corrected chi connectivity index (χ1v) is 3.76. The minimum absolute atomic E-state index is 0.365. The SMILES string of the molecule is C=CCC1(C(=O)OC)C=CCO1. The molecule has 1 heterocycles. The smallest absolute Gasteiger partial charge is 0.342 e. The molecule has 1 unspecified atom stereocenters. The Morgan fingerprint density at radius 1 is 1.92 bits per heavy atom. The summed E-state index contributed by atoms with van der Waals surface area (Å²) >= 11 is 0. The van der Waals surface area contributed by atoms with Crippen molar-refractivity contribution in [3.63, 3.8) is 0 Å².